The molecule has 0 aromatic heterocycles. The van der Waals surface area contributed by atoms with Gasteiger partial charge in [0, 0.05) is 0 Å². The maximum atomic E-state index is 10.7. The van der Waals surface area contributed by atoms with Gasteiger partial charge in [0.15, 0.2) is 12.6 Å². The van der Waals surface area contributed by atoms with Crippen molar-refractivity contribution in [1.82, 2.24) is 0 Å². The summed E-state index contributed by atoms with van der Waals surface area (Å²) in [5.41, 5.74) is 0. The minimum absolute atomic E-state index is 0.244. The Bertz CT molecular complexity index is 609. The Kier molecular flexibility index (Phi) is 9.35. The lowest BCUT2D eigenvalue weighted by Crippen LogP contribution is -2.65. The first-order chi connectivity index (χ1) is 15.6. The zero-order chi connectivity index (χ0) is 24.4. The summed E-state index contributed by atoms with van der Waals surface area (Å²) in [5, 5.41) is 99.3. The van der Waals surface area contributed by atoms with Crippen molar-refractivity contribution >= 4 is 0 Å². The van der Waals surface area contributed by atoms with Crippen molar-refractivity contribution < 1.29 is 74.7 Å². The molecule has 3 saturated heterocycles. The lowest BCUT2D eigenvalue weighted by Gasteiger charge is -2.46. The fourth-order valence-electron chi connectivity index (χ4n) is 4.04. The van der Waals surface area contributed by atoms with Crippen LogP contribution >= 0.6 is 0 Å². The second kappa shape index (κ2) is 11.4. The second-order valence-corrected chi connectivity index (χ2v) is 8.22. The third kappa shape index (κ3) is 5.48. The normalized spacial score (nSPS) is 49.8. The van der Waals surface area contributed by atoms with Gasteiger partial charge in [0.05, 0.1) is 26.4 Å². The van der Waals surface area contributed by atoms with E-state index in [1.807, 2.05) is 0 Å². The molecule has 0 radical (unpaired) electrons. The molecule has 0 aromatic rings. The topological polar surface area (TPSA) is 248 Å². The number of hydrogen-bond acceptors (Lipinski definition) is 15. The lowest BCUT2D eigenvalue weighted by molar-refractivity contribution is -0.366. The molecule has 0 spiro atoms. The molecule has 0 saturated carbocycles. The Labute approximate surface area is 187 Å². The Morgan fingerprint density at radius 3 is 1.82 bits per heavy atom. The van der Waals surface area contributed by atoms with Gasteiger partial charge in [-0.15, -0.1) is 0 Å². The molecule has 3 aliphatic rings. The summed E-state index contributed by atoms with van der Waals surface area (Å²) >= 11 is 0. The van der Waals surface area contributed by atoms with Gasteiger partial charge in [0.25, 0.3) is 0 Å². The van der Waals surface area contributed by atoms with Gasteiger partial charge in [-0.05, 0) is 0 Å². The summed E-state index contributed by atoms with van der Waals surface area (Å²) in [6.07, 6.45) is -21.6. The molecule has 0 amide bonds. The molecule has 0 aromatic carbocycles. The molecule has 12 unspecified atom stereocenters. The molecule has 0 bridgehead atoms. The van der Waals surface area contributed by atoms with Gasteiger partial charge in [-0.1, -0.05) is 0 Å². The van der Waals surface area contributed by atoms with Gasteiger partial charge in [0.2, 0.25) is 0 Å². The molecule has 3 aliphatic heterocycles. The quantitative estimate of drug-likeness (QED) is 0.152. The van der Waals surface area contributed by atoms with Crippen LogP contribution in [0.3, 0.4) is 0 Å². The van der Waals surface area contributed by atoms with Gasteiger partial charge in [0.1, 0.15) is 73.2 Å². The van der Waals surface area contributed by atoms with Crippen LogP contribution in [-0.4, -0.2) is 163 Å². The van der Waals surface area contributed by atoms with Crippen LogP contribution in [-0.2, 0) is 23.7 Å². The summed E-state index contributed by atoms with van der Waals surface area (Å²) in [7, 11) is 0. The Morgan fingerprint density at radius 2 is 1.24 bits per heavy atom. The predicted molar refractivity (Wildman–Crippen MR) is 100 cm³/mol. The lowest BCUT2D eigenvalue weighted by atomic mass is 9.96. The van der Waals surface area contributed by atoms with Crippen LogP contribution in [0.5, 0.6) is 0 Å². The molecule has 15 nitrogen and oxygen atoms in total. The van der Waals surface area contributed by atoms with Crippen LogP contribution in [0.4, 0.5) is 0 Å². The number of aliphatic hydroxyl groups excluding tert-OH is 10. The molecule has 33 heavy (non-hydrogen) atoms. The van der Waals surface area contributed by atoms with Gasteiger partial charge in [-0.2, -0.15) is 0 Å². The van der Waals surface area contributed by atoms with Gasteiger partial charge in [-0.25, -0.2) is 0 Å². The Balaban J connectivity index is 1.76. The zero-order valence-corrected chi connectivity index (χ0v) is 17.4. The zero-order valence-electron chi connectivity index (χ0n) is 17.4. The molecule has 3 rings (SSSR count). The highest BCUT2D eigenvalue weighted by Gasteiger charge is 2.52. The number of ether oxygens (including phenoxy) is 5. The standard InChI is InChI=1S/C18H32O15/c19-1-5(22)14-15(6(23)4-29-14)32-18-13(28)16(10(25)8(3-21)31-18)33-17-12(27)11(26)9(24)7(2-20)30-17/h5-28H,1-4H2/t5-,6-,7?,8?,9?,10?,11?,12?,13?,14?,15?,16?,17?,18?/m1/s1. The van der Waals surface area contributed by atoms with E-state index in [1.54, 1.807) is 0 Å². The first-order valence-corrected chi connectivity index (χ1v) is 10.5. The molecule has 15 heteroatoms. The minimum atomic E-state index is -1.83. The maximum Gasteiger partial charge on any atom is 0.187 e. The van der Waals surface area contributed by atoms with Crippen LogP contribution < -0.4 is 0 Å². The molecule has 14 atom stereocenters. The molecule has 3 fully saturated rings. The third-order valence-electron chi connectivity index (χ3n) is 5.98. The monoisotopic (exact) mass is 488 g/mol. The largest absolute Gasteiger partial charge is 0.394 e. The van der Waals surface area contributed by atoms with Crippen molar-refractivity contribution in [3.05, 3.63) is 0 Å². The second-order valence-electron chi connectivity index (χ2n) is 8.22. The van der Waals surface area contributed by atoms with E-state index in [0.29, 0.717) is 0 Å². The van der Waals surface area contributed by atoms with Gasteiger partial charge >= 0.3 is 0 Å². The molecule has 0 aliphatic carbocycles. The van der Waals surface area contributed by atoms with E-state index in [9.17, 15) is 51.1 Å². The highest BCUT2D eigenvalue weighted by atomic mass is 16.7. The summed E-state index contributed by atoms with van der Waals surface area (Å²) < 4.78 is 26.8. The van der Waals surface area contributed by atoms with Crippen molar-refractivity contribution in [3.63, 3.8) is 0 Å². The molecular formula is C18H32O15. The molecular weight excluding hydrogens is 456 g/mol. The average molecular weight is 488 g/mol. The third-order valence-corrected chi connectivity index (χ3v) is 5.98. The first kappa shape index (κ1) is 27.0. The van der Waals surface area contributed by atoms with Crippen LogP contribution in [0, 0.1) is 0 Å². The smallest absolute Gasteiger partial charge is 0.187 e. The fourth-order valence-corrected chi connectivity index (χ4v) is 4.04. The highest BCUT2D eigenvalue weighted by molar-refractivity contribution is 4.96. The number of aliphatic hydroxyl groups is 10. The summed E-state index contributed by atoms with van der Waals surface area (Å²) in [6.45, 7) is -2.43. The van der Waals surface area contributed by atoms with Crippen molar-refractivity contribution in [1.29, 1.82) is 0 Å². The van der Waals surface area contributed by atoms with Crippen LogP contribution in [0.15, 0.2) is 0 Å². The summed E-state index contributed by atoms with van der Waals surface area (Å²) in [6, 6.07) is 0. The summed E-state index contributed by atoms with van der Waals surface area (Å²) in [5.74, 6) is 0. The number of rotatable bonds is 8. The van der Waals surface area contributed by atoms with Crippen molar-refractivity contribution in [2.24, 2.45) is 0 Å². The van der Waals surface area contributed by atoms with Crippen LogP contribution in [0.25, 0.3) is 0 Å². The first-order valence-electron chi connectivity index (χ1n) is 10.5. The Morgan fingerprint density at radius 1 is 0.697 bits per heavy atom. The van der Waals surface area contributed by atoms with E-state index in [1.165, 1.54) is 0 Å². The molecule has 10 N–H and O–H groups in total. The van der Waals surface area contributed by atoms with Crippen molar-refractivity contribution in [2.75, 3.05) is 26.4 Å². The SMILES string of the molecule is OCC1OC(OC2C(O)C(CO)OC(OC3C([C@H](O)CO)OC[C@H]3O)C2O)C(O)C(O)C1O. The van der Waals surface area contributed by atoms with E-state index < -0.39 is 106 Å². The van der Waals surface area contributed by atoms with E-state index in [0.717, 1.165) is 0 Å². The predicted octanol–water partition coefficient (Wildman–Crippen LogP) is -6.89. The minimum Gasteiger partial charge on any atom is -0.394 e. The van der Waals surface area contributed by atoms with E-state index in [4.69, 9.17) is 23.7 Å². The van der Waals surface area contributed by atoms with Gasteiger partial charge < -0.3 is 74.7 Å². The van der Waals surface area contributed by atoms with E-state index in [-0.39, 0.29) is 6.61 Å². The average Bonchev–Trinajstić information content (AvgIpc) is 3.17. The van der Waals surface area contributed by atoms with Crippen molar-refractivity contribution in [3.8, 4) is 0 Å². The van der Waals surface area contributed by atoms with Gasteiger partial charge in [-0.3, -0.25) is 0 Å². The number of hydrogen-bond donors (Lipinski definition) is 10. The summed E-state index contributed by atoms with van der Waals surface area (Å²) in [4.78, 5) is 0. The van der Waals surface area contributed by atoms with Crippen molar-refractivity contribution in [2.45, 2.75) is 85.8 Å². The maximum absolute atomic E-state index is 10.7. The van der Waals surface area contributed by atoms with E-state index >= 15 is 0 Å². The van der Waals surface area contributed by atoms with E-state index in [2.05, 4.69) is 0 Å². The fraction of sp³-hybridized carbons (Fsp3) is 1.00. The highest BCUT2D eigenvalue weighted by Crippen LogP contribution is 2.32. The van der Waals surface area contributed by atoms with Crippen LogP contribution in [0.2, 0.25) is 0 Å². The van der Waals surface area contributed by atoms with Crippen LogP contribution in [0.1, 0.15) is 0 Å². The molecule has 194 valence electrons. The Hall–Kier alpha value is -0.600. The molecule has 3 heterocycles.